The number of aromatic hydroxyl groups is 1. The molecule has 9 nitrogen and oxygen atoms in total. The van der Waals surface area contributed by atoms with Crippen LogP contribution in [-0.4, -0.2) is 58.2 Å². The summed E-state index contributed by atoms with van der Waals surface area (Å²) >= 11 is 0. The number of aryl methyl sites for hydroxylation is 1. The first-order valence-electron chi connectivity index (χ1n) is 9.84. The van der Waals surface area contributed by atoms with Crippen LogP contribution in [0.15, 0.2) is 30.0 Å². The molecule has 154 valence electrons. The maximum absolute atomic E-state index is 14.9. The van der Waals surface area contributed by atoms with E-state index in [1.54, 1.807) is 31.3 Å². The maximum Gasteiger partial charge on any atom is 0.185 e. The Balaban J connectivity index is 1.39. The first-order chi connectivity index (χ1) is 14.4. The molecule has 4 heterocycles. The molecule has 2 aromatic heterocycles. The fourth-order valence-corrected chi connectivity index (χ4v) is 4.26. The summed E-state index contributed by atoms with van der Waals surface area (Å²) in [6.45, 7) is 3.66. The van der Waals surface area contributed by atoms with Gasteiger partial charge in [-0.3, -0.25) is 0 Å². The van der Waals surface area contributed by atoms with E-state index >= 15 is 0 Å². The number of phenolic OH excluding ortho intramolecular Hbond substituents is 1. The van der Waals surface area contributed by atoms with Gasteiger partial charge in [0.1, 0.15) is 17.6 Å². The van der Waals surface area contributed by atoms with Gasteiger partial charge < -0.3 is 10.4 Å². The van der Waals surface area contributed by atoms with Gasteiger partial charge in [-0.25, -0.2) is 9.37 Å². The Hall–Kier alpha value is -3.27. The number of halogens is 1. The highest BCUT2D eigenvalue weighted by atomic mass is 19.1. The standard InChI is InChI=1S/C20H21FN8O/c1-11-24-28-29(27-11)15-3-4-16(17(30)9-15)19-22-10-14(25-26-19)8-12-7-13-5-6-20(2,23-13)18(12)21/h3-4,8-10,13,18,23,30H,5-7H2,1-2H3/b12-8+/t13-,18+,20+/m1/s1. The van der Waals surface area contributed by atoms with Gasteiger partial charge in [-0.05, 0) is 62.1 Å². The number of nitrogens with one attached hydrogen (secondary N) is 1. The van der Waals surface area contributed by atoms with Crippen LogP contribution in [0.25, 0.3) is 23.2 Å². The highest BCUT2D eigenvalue weighted by Gasteiger charge is 2.47. The molecule has 1 aromatic carbocycles. The molecule has 2 bridgehead atoms. The second kappa shape index (κ2) is 6.91. The van der Waals surface area contributed by atoms with Gasteiger partial charge in [0.05, 0.1) is 23.0 Å². The van der Waals surface area contributed by atoms with Crippen LogP contribution in [0.1, 0.15) is 37.7 Å². The van der Waals surface area contributed by atoms with E-state index in [1.807, 2.05) is 6.92 Å². The molecule has 2 aliphatic rings. The normalized spacial score (nSPS) is 27.0. The van der Waals surface area contributed by atoms with E-state index in [1.165, 1.54) is 10.9 Å². The van der Waals surface area contributed by atoms with Gasteiger partial charge in [-0.15, -0.1) is 25.2 Å². The SMILES string of the molecule is Cc1nnn(-c2ccc(-c3ncc(/C=C4\C[C@H]5CC[C@](C)(N5)[C@H]4F)nn3)c(O)c2)n1. The van der Waals surface area contributed by atoms with E-state index in [4.69, 9.17) is 0 Å². The topological polar surface area (TPSA) is 115 Å². The first-order valence-corrected chi connectivity index (χ1v) is 9.84. The second-order valence-electron chi connectivity index (χ2n) is 8.12. The summed E-state index contributed by atoms with van der Waals surface area (Å²) in [6.07, 6.45) is 4.72. The van der Waals surface area contributed by atoms with Crippen molar-refractivity contribution < 1.29 is 9.50 Å². The van der Waals surface area contributed by atoms with Crippen LogP contribution in [0.2, 0.25) is 0 Å². The van der Waals surface area contributed by atoms with Crippen LogP contribution in [0.4, 0.5) is 4.39 Å². The Labute approximate surface area is 172 Å². The van der Waals surface area contributed by atoms with Gasteiger partial charge in [0.15, 0.2) is 11.6 Å². The summed E-state index contributed by atoms with van der Waals surface area (Å²) < 4.78 is 14.9. The summed E-state index contributed by atoms with van der Waals surface area (Å²) in [4.78, 5) is 5.64. The van der Waals surface area contributed by atoms with Crippen LogP contribution in [-0.2, 0) is 0 Å². The highest BCUT2D eigenvalue weighted by Crippen LogP contribution is 2.40. The minimum atomic E-state index is -1.05. The molecular formula is C20H21FN8O. The summed E-state index contributed by atoms with van der Waals surface area (Å²) in [5.74, 6) is 0.780. The Bertz CT molecular complexity index is 1130. The molecule has 30 heavy (non-hydrogen) atoms. The van der Waals surface area contributed by atoms with E-state index in [0.29, 0.717) is 35.2 Å². The maximum atomic E-state index is 14.9. The lowest BCUT2D eigenvalue weighted by atomic mass is 9.86. The molecule has 3 atom stereocenters. The number of hydrogen-bond acceptors (Lipinski definition) is 8. The molecule has 3 aromatic rings. The number of tetrazole rings is 1. The predicted octanol–water partition coefficient (Wildman–Crippen LogP) is 2.16. The Kier molecular flexibility index (Phi) is 4.31. The van der Waals surface area contributed by atoms with Crippen LogP contribution >= 0.6 is 0 Å². The Morgan fingerprint density at radius 1 is 1.30 bits per heavy atom. The van der Waals surface area contributed by atoms with Gasteiger partial charge in [0, 0.05) is 12.1 Å². The molecule has 0 amide bonds. The summed E-state index contributed by atoms with van der Waals surface area (Å²) in [6, 6.07) is 5.22. The van der Waals surface area contributed by atoms with Gasteiger partial charge in [0.2, 0.25) is 0 Å². The molecule has 2 fully saturated rings. The summed E-state index contributed by atoms with van der Waals surface area (Å²) in [5, 5.41) is 33.9. The number of phenols is 1. The van der Waals surface area contributed by atoms with E-state index in [0.717, 1.165) is 18.4 Å². The molecule has 10 heteroatoms. The van der Waals surface area contributed by atoms with Crippen molar-refractivity contribution in [3.05, 3.63) is 41.5 Å². The van der Waals surface area contributed by atoms with Gasteiger partial charge in [-0.2, -0.15) is 0 Å². The zero-order chi connectivity index (χ0) is 20.9. The van der Waals surface area contributed by atoms with Crippen molar-refractivity contribution in [2.24, 2.45) is 0 Å². The third-order valence-electron chi connectivity index (χ3n) is 5.79. The van der Waals surface area contributed by atoms with Crippen molar-refractivity contribution in [3.63, 3.8) is 0 Å². The third kappa shape index (κ3) is 3.22. The summed E-state index contributed by atoms with van der Waals surface area (Å²) in [5.41, 5.74) is 1.72. The largest absolute Gasteiger partial charge is 0.507 e. The van der Waals surface area contributed by atoms with Crippen molar-refractivity contribution in [1.29, 1.82) is 0 Å². The lowest BCUT2D eigenvalue weighted by Gasteiger charge is -2.36. The number of benzene rings is 1. The fraction of sp³-hybridized carbons (Fsp3) is 0.400. The second-order valence-corrected chi connectivity index (χ2v) is 8.12. The zero-order valence-electron chi connectivity index (χ0n) is 16.6. The lowest BCUT2D eigenvalue weighted by Crippen LogP contribution is -2.52. The van der Waals surface area contributed by atoms with Crippen LogP contribution in [0.3, 0.4) is 0 Å². The van der Waals surface area contributed by atoms with Crippen molar-refractivity contribution in [2.45, 2.75) is 50.9 Å². The van der Waals surface area contributed by atoms with Crippen LogP contribution < -0.4 is 5.32 Å². The number of fused-ring (bicyclic) bond motifs is 2. The lowest BCUT2D eigenvalue weighted by molar-refractivity contribution is 0.186. The molecule has 0 spiro atoms. The third-order valence-corrected chi connectivity index (χ3v) is 5.79. The van der Waals surface area contributed by atoms with Crippen LogP contribution in [0.5, 0.6) is 5.75 Å². The van der Waals surface area contributed by atoms with Gasteiger partial charge >= 0.3 is 0 Å². The molecular weight excluding hydrogens is 387 g/mol. The minimum Gasteiger partial charge on any atom is -0.507 e. The van der Waals surface area contributed by atoms with E-state index in [9.17, 15) is 9.50 Å². The van der Waals surface area contributed by atoms with Crippen molar-refractivity contribution in [1.82, 2.24) is 40.7 Å². The smallest absolute Gasteiger partial charge is 0.185 e. The average Bonchev–Trinajstić information content (AvgIpc) is 3.31. The van der Waals surface area contributed by atoms with Gasteiger partial charge in [-0.1, -0.05) is 0 Å². The Morgan fingerprint density at radius 2 is 2.17 bits per heavy atom. The average molecular weight is 408 g/mol. The van der Waals surface area contributed by atoms with Gasteiger partial charge in [0.25, 0.3) is 0 Å². The molecule has 2 N–H and O–H groups in total. The highest BCUT2D eigenvalue weighted by molar-refractivity contribution is 5.65. The number of nitrogens with zero attached hydrogens (tertiary/aromatic N) is 7. The minimum absolute atomic E-state index is 0.0259. The van der Waals surface area contributed by atoms with Crippen molar-refractivity contribution in [3.8, 4) is 22.8 Å². The quantitative estimate of drug-likeness (QED) is 0.678. The fourth-order valence-electron chi connectivity index (χ4n) is 4.26. The molecule has 0 saturated carbocycles. The zero-order valence-corrected chi connectivity index (χ0v) is 16.6. The monoisotopic (exact) mass is 408 g/mol. The number of alkyl halides is 1. The molecule has 2 aliphatic heterocycles. The van der Waals surface area contributed by atoms with Crippen molar-refractivity contribution in [2.75, 3.05) is 0 Å². The number of aromatic nitrogens is 7. The first kappa shape index (κ1) is 18.7. The summed E-state index contributed by atoms with van der Waals surface area (Å²) in [7, 11) is 0. The molecule has 0 radical (unpaired) electrons. The number of rotatable bonds is 3. The molecule has 2 saturated heterocycles. The number of piperidine rings is 1. The van der Waals surface area contributed by atoms with E-state index < -0.39 is 11.7 Å². The molecule has 5 rings (SSSR count). The predicted molar refractivity (Wildman–Crippen MR) is 106 cm³/mol. The van der Waals surface area contributed by atoms with E-state index in [2.05, 4.69) is 35.9 Å². The van der Waals surface area contributed by atoms with E-state index in [-0.39, 0.29) is 11.6 Å². The Morgan fingerprint density at radius 3 is 2.87 bits per heavy atom. The molecule has 0 aliphatic carbocycles. The molecule has 0 unspecified atom stereocenters. The van der Waals surface area contributed by atoms with Crippen molar-refractivity contribution >= 4 is 6.08 Å². The number of hydrogen-bond donors (Lipinski definition) is 2. The van der Waals surface area contributed by atoms with Crippen LogP contribution in [0, 0.1) is 6.92 Å².